The summed E-state index contributed by atoms with van der Waals surface area (Å²) in [4.78, 5) is 2.68. The van der Waals surface area contributed by atoms with Crippen molar-refractivity contribution in [2.75, 3.05) is 26.2 Å². The zero-order valence-corrected chi connectivity index (χ0v) is 12.3. The first-order chi connectivity index (χ1) is 9.26. The summed E-state index contributed by atoms with van der Waals surface area (Å²) in [5.74, 6) is 0.778. The molecule has 1 N–H and O–H groups in total. The second kappa shape index (κ2) is 5.26. The molecule has 0 radical (unpaired) electrons. The molecule has 0 spiro atoms. The van der Waals surface area contributed by atoms with E-state index in [1.807, 2.05) is 0 Å². The monoisotopic (exact) mass is 258 g/mol. The molecule has 1 heterocycles. The Hall–Kier alpha value is -0.860. The Morgan fingerprint density at radius 1 is 1.26 bits per heavy atom. The lowest BCUT2D eigenvalue weighted by Crippen LogP contribution is -2.60. The van der Waals surface area contributed by atoms with Crippen molar-refractivity contribution in [3.05, 3.63) is 35.4 Å². The third-order valence-corrected chi connectivity index (χ3v) is 5.25. The number of hydrogen-bond acceptors (Lipinski definition) is 2. The van der Waals surface area contributed by atoms with Gasteiger partial charge in [0, 0.05) is 37.6 Å². The van der Waals surface area contributed by atoms with Crippen LogP contribution in [0.15, 0.2) is 24.3 Å². The van der Waals surface area contributed by atoms with Crippen LogP contribution in [-0.2, 0) is 6.42 Å². The van der Waals surface area contributed by atoms with E-state index >= 15 is 0 Å². The summed E-state index contributed by atoms with van der Waals surface area (Å²) in [6.45, 7) is 9.47. The molecule has 104 valence electrons. The summed E-state index contributed by atoms with van der Waals surface area (Å²) in [6.07, 6.45) is 3.76. The summed E-state index contributed by atoms with van der Waals surface area (Å²) in [7, 11) is 0. The minimum absolute atomic E-state index is 0.363. The smallest absolute Gasteiger partial charge is 0.0304 e. The molecule has 2 nitrogen and oxygen atoms in total. The van der Waals surface area contributed by atoms with Crippen LogP contribution in [0.1, 0.15) is 43.7 Å². The summed E-state index contributed by atoms with van der Waals surface area (Å²) < 4.78 is 0. The van der Waals surface area contributed by atoms with Gasteiger partial charge in [0.15, 0.2) is 0 Å². The number of benzene rings is 1. The van der Waals surface area contributed by atoms with Gasteiger partial charge in [-0.15, -0.1) is 0 Å². The van der Waals surface area contributed by atoms with Gasteiger partial charge < -0.3 is 5.32 Å². The molecule has 19 heavy (non-hydrogen) atoms. The van der Waals surface area contributed by atoms with Gasteiger partial charge in [-0.3, -0.25) is 4.90 Å². The van der Waals surface area contributed by atoms with Crippen molar-refractivity contribution >= 4 is 0 Å². The van der Waals surface area contributed by atoms with E-state index in [2.05, 4.69) is 48.3 Å². The van der Waals surface area contributed by atoms with Crippen molar-refractivity contribution < 1.29 is 0 Å². The van der Waals surface area contributed by atoms with Crippen LogP contribution in [0.25, 0.3) is 0 Å². The van der Waals surface area contributed by atoms with Crippen molar-refractivity contribution in [3.8, 4) is 0 Å². The van der Waals surface area contributed by atoms with Crippen molar-refractivity contribution in [2.45, 2.75) is 44.6 Å². The summed E-state index contributed by atoms with van der Waals surface area (Å²) >= 11 is 0. The van der Waals surface area contributed by atoms with Gasteiger partial charge in [-0.05, 0) is 30.4 Å². The molecule has 3 rings (SSSR count). The normalized spacial score (nSPS) is 25.7. The second-order valence-electron chi connectivity index (χ2n) is 6.25. The maximum atomic E-state index is 3.75. The predicted octanol–water partition coefficient (Wildman–Crippen LogP) is 2.79. The third-order valence-electron chi connectivity index (χ3n) is 5.25. The third kappa shape index (κ3) is 2.44. The fraction of sp³-hybridized carbons (Fsp3) is 0.647. The maximum Gasteiger partial charge on any atom is 0.0304 e. The topological polar surface area (TPSA) is 15.3 Å². The molecular formula is C17H26N2. The fourth-order valence-corrected chi connectivity index (χ4v) is 3.76. The number of piperazine rings is 1. The lowest BCUT2D eigenvalue weighted by Gasteiger charge is -2.45. The van der Waals surface area contributed by atoms with Crippen LogP contribution in [0.2, 0.25) is 0 Å². The first-order valence-electron chi connectivity index (χ1n) is 7.81. The number of rotatable bonds is 4. The quantitative estimate of drug-likeness (QED) is 0.893. The number of nitrogens with zero attached hydrogens (tertiary/aromatic N) is 1. The van der Waals surface area contributed by atoms with Crippen LogP contribution in [0.3, 0.4) is 0 Å². The Balaban J connectivity index is 1.62. The molecule has 1 atom stereocenters. The first kappa shape index (κ1) is 13.1. The molecule has 0 amide bonds. The van der Waals surface area contributed by atoms with Gasteiger partial charge in [0.1, 0.15) is 0 Å². The highest BCUT2D eigenvalue weighted by Crippen LogP contribution is 2.36. The Labute approximate surface area is 117 Å². The minimum Gasteiger partial charge on any atom is -0.309 e. The Bertz CT molecular complexity index is 437. The molecule has 0 bridgehead atoms. The van der Waals surface area contributed by atoms with Crippen LogP contribution in [-0.4, -0.2) is 36.6 Å². The van der Waals surface area contributed by atoms with Crippen LogP contribution in [0.5, 0.6) is 0 Å². The molecule has 2 heteroatoms. The molecule has 1 aliphatic heterocycles. The fourth-order valence-electron chi connectivity index (χ4n) is 3.76. The van der Waals surface area contributed by atoms with Crippen LogP contribution >= 0.6 is 0 Å². The predicted molar refractivity (Wildman–Crippen MR) is 80.6 cm³/mol. The van der Waals surface area contributed by atoms with Gasteiger partial charge in [-0.1, -0.05) is 38.1 Å². The summed E-state index contributed by atoms with van der Waals surface area (Å²) in [5, 5.41) is 3.75. The van der Waals surface area contributed by atoms with Crippen molar-refractivity contribution in [3.63, 3.8) is 0 Å². The highest BCUT2D eigenvalue weighted by Gasteiger charge is 2.34. The highest BCUT2D eigenvalue weighted by atomic mass is 15.2. The van der Waals surface area contributed by atoms with E-state index in [1.165, 1.54) is 38.9 Å². The molecule has 1 unspecified atom stereocenters. The second-order valence-corrected chi connectivity index (χ2v) is 6.25. The largest absolute Gasteiger partial charge is 0.309 e. The van der Waals surface area contributed by atoms with Crippen LogP contribution in [0, 0.1) is 0 Å². The zero-order chi connectivity index (χ0) is 13.3. The van der Waals surface area contributed by atoms with E-state index in [4.69, 9.17) is 0 Å². The van der Waals surface area contributed by atoms with Gasteiger partial charge in [0.25, 0.3) is 0 Å². The zero-order valence-electron chi connectivity index (χ0n) is 12.3. The first-order valence-corrected chi connectivity index (χ1v) is 7.81. The standard InChI is InChI=1S/C17H26N2/c1-3-17(4-2)13-19(10-9-18-17)12-15-11-14-7-5-6-8-16(14)15/h5-8,15,18H,3-4,9-13H2,1-2H3. The summed E-state index contributed by atoms with van der Waals surface area (Å²) in [5.41, 5.74) is 3.53. The van der Waals surface area contributed by atoms with Gasteiger partial charge in [-0.25, -0.2) is 0 Å². The van der Waals surface area contributed by atoms with Crippen LogP contribution in [0.4, 0.5) is 0 Å². The Morgan fingerprint density at radius 2 is 2.05 bits per heavy atom. The van der Waals surface area contributed by atoms with Crippen molar-refractivity contribution in [1.82, 2.24) is 10.2 Å². The van der Waals surface area contributed by atoms with Crippen molar-refractivity contribution in [2.24, 2.45) is 0 Å². The van der Waals surface area contributed by atoms with E-state index in [0.29, 0.717) is 5.54 Å². The Kier molecular flexibility index (Phi) is 3.64. The molecule has 1 saturated heterocycles. The molecule has 1 fully saturated rings. The Morgan fingerprint density at radius 3 is 2.79 bits per heavy atom. The average Bonchev–Trinajstić information content (AvgIpc) is 2.45. The molecule has 1 aliphatic carbocycles. The van der Waals surface area contributed by atoms with E-state index in [0.717, 1.165) is 12.5 Å². The van der Waals surface area contributed by atoms with E-state index < -0.39 is 0 Å². The van der Waals surface area contributed by atoms with Gasteiger partial charge in [-0.2, -0.15) is 0 Å². The summed E-state index contributed by atoms with van der Waals surface area (Å²) in [6, 6.07) is 8.95. The molecule has 2 aliphatic rings. The molecule has 0 aromatic heterocycles. The minimum atomic E-state index is 0.363. The van der Waals surface area contributed by atoms with E-state index in [-0.39, 0.29) is 0 Å². The lowest BCUT2D eigenvalue weighted by molar-refractivity contribution is 0.115. The van der Waals surface area contributed by atoms with Crippen molar-refractivity contribution in [1.29, 1.82) is 0 Å². The molecule has 1 aromatic carbocycles. The maximum absolute atomic E-state index is 3.75. The number of fused-ring (bicyclic) bond motifs is 1. The van der Waals surface area contributed by atoms with Gasteiger partial charge >= 0.3 is 0 Å². The average molecular weight is 258 g/mol. The van der Waals surface area contributed by atoms with E-state index in [1.54, 1.807) is 11.1 Å². The number of nitrogens with one attached hydrogen (secondary N) is 1. The highest BCUT2D eigenvalue weighted by molar-refractivity contribution is 5.40. The van der Waals surface area contributed by atoms with E-state index in [9.17, 15) is 0 Å². The van der Waals surface area contributed by atoms with Gasteiger partial charge in [0.05, 0.1) is 0 Å². The number of hydrogen-bond donors (Lipinski definition) is 1. The van der Waals surface area contributed by atoms with Crippen LogP contribution < -0.4 is 5.32 Å². The molecular weight excluding hydrogens is 232 g/mol. The molecule has 1 aromatic rings. The van der Waals surface area contributed by atoms with Gasteiger partial charge in [0.2, 0.25) is 0 Å². The molecule has 0 saturated carbocycles. The lowest BCUT2D eigenvalue weighted by atomic mass is 9.77. The SMILES string of the molecule is CCC1(CC)CN(CC2Cc3ccccc32)CCN1.